The van der Waals surface area contributed by atoms with Crippen molar-refractivity contribution in [2.24, 2.45) is 23.7 Å². The van der Waals surface area contributed by atoms with Crippen LogP contribution in [0.25, 0.3) is 22.3 Å². The Morgan fingerprint density at radius 1 is 0.434 bits per heavy atom. The number of hydrogen-bond acceptors (Lipinski definition) is 2. The Morgan fingerprint density at radius 3 is 1.13 bits per heavy atom. The third-order valence-electron chi connectivity index (χ3n) is 10.9. The zero-order valence-corrected chi connectivity index (χ0v) is 33.0. The molecule has 2 nitrogen and oxygen atoms in total. The van der Waals surface area contributed by atoms with Crippen molar-refractivity contribution in [1.82, 2.24) is 0 Å². The third-order valence-corrected chi connectivity index (χ3v) is 10.9. The first-order chi connectivity index (χ1) is 26.1. The fraction of sp³-hybridized carbons (Fsp3) is 0.451. The van der Waals surface area contributed by atoms with Gasteiger partial charge in [0.05, 0.1) is 13.2 Å². The van der Waals surface area contributed by atoms with Gasteiger partial charge in [0.2, 0.25) is 0 Å². The van der Waals surface area contributed by atoms with E-state index in [9.17, 15) is 0 Å². The van der Waals surface area contributed by atoms with E-state index >= 15 is 0 Å². The van der Waals surface area contributed by atoms with E-state index in [2.05, 4.69) is 124 Å². The summed E-state index contributed by atoms with van der Waals surface area (Å²) in [7, 11) is 0. The van der Waals surface area contributed by atoms with Gasteiger partial charge in [-0.15, -0.1) is 0 Å². The molecule has 0 aliphatic heterocycles. The van der Waals surface area contributed by atoms with Crippen LogP contribution in [0.15, 0.2) is 97.1 Å². The molecule has 278 valence electrons. The molecule has 0 radical (unpaired) electrons. The Hall–Kier alpha value is -4.40. The molecule has 0 bridgehead atoms. The molecule has 0 aromatic heterocycles. The summed E-state index contributed by atoms with van der Waals surface area (Å²) in [5.74, 6) is 18.8. The zero-order valence-electron chi connectivity index (χ0n) is 33.0. The topological polar surface area (TPSA) is 18.5 Å². The van der Waals surface area contributed by atoms with Crippen LogP contribution in [0.2, 0.25) is 0 Å². The van der Waals surface area contributed by atoms with Crippen molar-refractivity contribution in [2.45, 2.75) is 111 Å². The van der Waals surface area contributed by atoms with Crippen LogP contribution in [0.3, 0.4) is 0 Å². The summed E-state index contributed by atoms with van der Waals surface area (Å²) in [4.78, 5) is 0. The smallest absolute Gasteiger partial charge is 0.119 e. The van der Waals surface area contributed by atoms with Crippen molar-refractivity contribution in [3.05, 3.63) is 108 Å². The summed E-state index contributed by atoms with van der Waals surface area (Å²) in [6, 6.07) is 33.9. The Balaban J connectivity index is 0.000000204. The highest BCUT2D eigenvalue weighted by atomic mass is 16.5. The van der Waals surface area contributed by atoms with Crippen LogP contribution in [0, 0.1) is 47.4 Å². The molecule has 0 unspecified atom stereocenters. The molecule has 53 heavy (non-hydrogen) atoms. The van der Waals surface area contributed by atoms with E-state index in [1.807, 2.05) is 24.3 Å². The average molecular weight is 707 g/mol. The molecule has 0 heterocycles. The lowest BCUT2D eigenvalue weighted by molar-refractivity contribution is 0.300. The molecule has 2 saturated carbocycles. The van der Waals surface area contributed by atoms with E-state index < -0.39 is 0 Å². The molecule has 2 heteroatoms. The largest absolute Gasteiger partial charge is 0.494 e. The van der Waals surface area contributed by atoms with Gasteiger partial charge in [-0.1, -0.05) is 119 Å². The Labute approximate surface area is 322 Å². The minimum atomic E-state index is 0.591. The van der Waals surface area contributed by atoms with E-state index in [4.69, 9.17) is 9.47 Å². The van der Waals surface area contributed by atoms with Crippen molar-refractivity contribution in [1.29, 1.82) is 0 Å². The minimum Gasteiger partial charge on any atom is -0.494 e. The second-order valence-corrected chi connectivity index (χ2v) is 15.1. The van der Waals surface area contributed by atoms with E-state index in [1.54, 1.807) is 0 Å². The molecular weight excluding hydrogens is 645 g/mol. The fourth-order valence-electron chi connectivity index (χ4n) is 7.51. The van der Waals surface area contributed by atoms with E-state index in [-0.39, 0.29) is 0 Å². The monoisotopic (exact) mass is 706 g/mol. The van der Waals surface area contributed by atoms with Gasteiger partial charge < -0.3 is 9.47 Å². The highest BCUT2D eigenvalue weighted by Crippen LogP contribution is 2.32. The Kier molecular flexibility index (Phi) is 16.5. The molecule has 4 aromatic carbocycles. The van der Waals surface area contributed by atoms with Crippen molar-refractivity contribution >= 4 is 0 Å². The molecule has 2 aliphatic carbocycles. The second kappa shape index (κ2) is 22.0. The normalized spacial score (nSPS) is 19.3. The molecule has 4 aromatic rings. The molecule has 0 atom stereocenters. The van der Waals surface area contributed by atoms with Crippen LogP contribution < -0.4 is 9.47 Å². The maximum Gasteiger partial charge on any atom is 0.119 e. The van der Waals surface area contributed by atoms with E-state index in [1.165, 1.54) is 92.9 Å². The molecule has 2 aliphatic rings. The molecule has 0 amide bonds. The molecule has 0 N–H and O–H groups in total. The average Bonchev–Trinajstić information content (AvgIpc) is 3.22. The van der Waals surface area contributed by atoms with Gasteiger partial charge in [0, 0.05) is 23.0 Å². The summed E-state index contributed by atoms with van der Waals surface area (Å²) in [6.07, 6.45) is 16.7. The Bertz CT molecular complexity index is 1730. The van der Waals surface area contributed by atoms with Crippen molar-refractivity contribution in [3.63, 3.8) is 0 Å². The standard InChI is InChI=1S/C26H32O.C25H30O/c1-3-5-21-6-8-22(9-7-21)10-11-23-12-14-24(15-13-23)25-16-18-26(19-17-25)27-20-4-2;1-3-19-26-25-17-15-24(16-18-25)23-13-11-22(12-14-23)10-9-21-7-5-20(4-2)6-8-21/h12-19,21-22H,3-9,20H2,1-2H3;11-18,20-21H,3-8,19H2,1-2H3. The number of benzene rings is 4. The van der Waals surface area contributed by atoms with Crippen molar-refractivity contribution in [2.75, 3.05) is 13.2 Å². The number of ether oxygens (including phenoxy) is 2. The number of rotatable bonds is 11. The van der Waals surface area contributed by atoms with Gasteiger partial charge in [0.1, 0.15) is 11.5 Å². The van der Waals surface area contributed by atoms with Gasteiger partial charge in [-0.3, -0.25) is 0 Å². The third kappa shape index (κ3) is 13.2. The van der Waals surface area contributed by atoms with E-state index in [0.29, 0.717) is 11.8 Å². The Morgan fingerprint density at radius 2 is 0.792 bits per heavy atom. The minimum absolute atomic E-state index is 0.591. The molecule has 2 fully saturated rings. The van der Waals surface area contributed by atoms with Crippen LogP contribution in [-0.4, -0.2) is 13.2 Å². The van der Waals surface area contributed by atoms with Gasteiger partial charge >= 0.3 is 0 Å². The summed E-state index contributed by atoms with van der Waals surface area (Å²) in [6.45, 7) is 10.4. The zero-order chi connectivity index (χ0) is 37.1. The van der Waals surface area contributed by atoms with Crippen molar-refractivity contribution in [3.8, 4) is 57.4 Å². The van der Waals surface area contributed by atoms with E-state index in [0.717, 1.165) is 60.5 Å². The maximum absolute atomic E-state index is 5.66. The van der Waals surface area contributed by atoms with Gasteiger partial charge in [-0.05, 0) is 147 Å². The highest BCUT2D eigenvalue weighted by molar-refractivity contribution is 5.66. The SMILES string of the molecule is CCCOc1ccc(-c2ccc(C#CC3CCC(CC)CC3)cc2)cc1.CCCOc1ccc(-c2ccc(C#CC3CCC(CCC)CC3)cc2)cc1. The predicted octanol–water partition coefficient (Wildman–Crippen LogP) is 13.8. The van der Waals surface area contributed by atoms with Crippen LogP contribution in [0.4, 0.5) is 0 Å². The first-order valence-electron chi connectivity index (χ1n) is 20.8. The fourth-order valence-corrected chi connectivity index (χ4v) is 7.51. The van der Waals surface area contributed by atoms with Gasteiger partial charge in [-0.25, -0.2) is 0 Å². The van der Waals surface area contributed by atoms with Crippen LogP contribution in [0.5, 0.6) is 11.5 Å². The van der Waals surface area contributed by atoms with Crippen molar-refractivity contribution < 1.29 is 9.47 Å². The molecule has 6 rings (SSSR count). The number of hydrogen-bond donors (Lipinski definition) is 0. The molecule has 0 spiro atoms. The first-order valence-corrected chi connectivity index (χ1v) is 20.8. The summed E-state index contributed by atoms with van der Waals surface area (Å²) in [5, 5.41) is 0. The van der Waals surface area contributed by atoms with Gasteiger partial charge in [0.25, 0.3) is 0 Å². The van der Waals surface area contributed by atoms with Crippen LogP contribution in [-0.2, 0) is 0 Å². The van der Waals surface area contributed by atoms with Gasteiger partial charge in [0.15, 0.2) is 0 Å². The summed E-state index contributed by atoms with van der Waals surface area (Å²) in [5.41, 5.74) is 7.12. The second-order valence-electron chi connectivity index (χ2n) is 15.1. The maximum atomic E-state index is 5.66. The highest BCUT2D eigenvalue weighted by Gasteiger charge is 2.19. The molecular formula is C51H62O2. The predicted molar refractivity (Wildman–Crippen MR) is 225 cm³/mol. The van der Waals surface area contributed by atoms with Crippen LogP contribution >= 0.6 is 0 Å². The first kappa shape index (κ1) is 39.8. The summed E-state index contributed by atoms with van der Waals surface area (Å²) < 4.78 is 11.3. The van der Waals surface area contributed by atoms with Crippen LogP contribution in [0.1, 0.15) is 122 Å². The quantitative estimate of drug-likeness (QED) is 0.145. The lowest BCUT2D eigenvalue weighted by Crippen LogP contribution is -2.13. The van der Waals surface area contributed by atoms with Gasteiger partial charge in [-0.2, -0.15) is 0 Å². The summed E-state index contributed by atoms with van der Waals surface area (Å²) >= 11 is 0. The lowest BCUT2D eigenvalue weighted by atomic mass is 9.80. The lowest BCUT2D eigenvalue weighted by Gasteiger charge is -2.25. The molecule has 0 saturated heterocycles.